The van der Waals surface area contributed by atoms with Gasteiger partial charge in [0.25, 0.3) is 5.56 Å². The van der Waals surface area contributed by atoms with Gasteiger partial charge in [-0.25, -0.2) is 31.9 Å². The highest BCUT2D eigenvalue weighted by molar-refractivity contribution is 5.72. The van der Waals surface area contributed by atoms with Crippen molar-refractivity contribution in [3.63, 3.8) is 0 Å². The Morgan fingerprint density at radius 2 is 1.71 bits per heavy atom. The molecule has 2 heterocycles. The van der Waals surface area contributed by atoms with Gasteiger partial charge in [0.1, 0.15) is 11.6 Å². The van der Waals surface area contributed by atoms with Crippen LogP contribution in [0.1, 0.15) is 24.4 Å². The Labute approximate surface area is 171 Å². The molecular formula is C21H14F4N4O2. The van der Waals surface area contributed by atoms with Crippen molar-refractivity contribution in [2.24, 2.45) is 0 Å². The second-order valence-electron chi connectivity index (χ2n) is 7.41. The van der Waals surface area contributed by atoms with E-state index in [2.05, 4.69) is 4.98 Å². The number of fused-ring (bicyclic) bond motifs is 1. The van der Waals surface area contributed by atoms with Crippen LogP contribution in [0.25, 0.3) is 16.9 Å². The first-order valence-corrected chi connectivity index (χ1v) is 9.47. The number of nitrogens with zero attached hydrogens (tertiary/aromatic N) is 4. The van der Waals surface area contributed by atoms with Crippen LogP contribution in [-0.4, -0.2) is 18.7 Å². The van der Waals surface area contributed by atoms with Gasteiger partial charge in [0.15, 0.2) is 22.8 Å². The van der Waals surface area contributed by atoms with Crippen LogP contribution in [0.4, 0.5) is 17.6 Å². The van der Waals surface area contributed by atoms with Crippen molar-refractivity contribution in [2.75, 3.05) is 0 Å². The normalized spacial score (nSPS) is 13.8. The Balaban J connectivity index is 1.77. The van der Waals surface area contributed by atoms with Gasteiger partial charge in [0.2, 0.25) is 0 Å². The minimum atomic E-state index is -1.04. The molecule has 1 fully saturated rings. The number of hydrogen-bond donors (Lipinski definition) is 0. The maximum Gasteiger partial charge on any atom is 0.337 e. The molecule has 0 atom stereocenters. The summed E-state index contributed by atoms with van der Waals surface area (Å²) in [5.74, 6) is -3.84. The largest absolute Gasteiger partial charge is 0.337 e. The highest BCUT2D eigenvalue weighted by atomic mass is 19.2. The summed E-state index contributed by atoms with van der Waals surface area (Å²) in [6, 6.07) is 5.73. The van der Waals surface area contributed by atoms with Gasteiger partial charge < -0.3 is 4.57 Å². The fraction of sp³-hybridized carbons (Fsp3) is 0.190. The Hall–Kier alpha value is -3.69. The Bertz CT molecular complexity index is 1470. The molecule has 0 bridgehead atoms. The van der Waals surface area contributed by atoms with Crippen LogP contribution in [-0.2, 0) is 6.54 Å². The molecule has 2 aromatic carbocycles. The molecule has 0 spiro atoms. The van der Waals surface area contributed by atoms with Crippen LogP contribution in [0.2, 0.25) is 0 Å². The molecule has 0 saturated heterocycles. The van der Waals surface area contributed by atoms with Gasteiger partial charge in [-0.1, -0.05) is 6.07 Å². The van der Waals surface area contributed by atoms with Crippen LogP contribution in [0.15, 0.2) is 52.3 Å². The number of halogens is 4. The molecule has 0 N–H and O–H groups in total. The van der Waals surface area contributed by atoms with Gasteiger partial charge in [-0.2, -0.15) is 0 Å². The van der Waals surface area contributed by atoms with Gasteiger partial charge in [0, 0.05) is 18.7 Å². The summed E-state index contributed by atoms with van der Waals surface area (Å²) in [4.78, 5) is 30.4. The molecule has 1 aliphatic rings. The molecule has 1 aliphatic carbocycles. The summed E-state index contributed by atoms with van der Waals surface area (Å²) in [6.07, 6.45) is 2.50. The second kappa shape index (κ2) is 6.93. The Kier molecular flexibility index (Phi) is 4.31. The van der Waals surface area contributed by atoms with Crippen LogP contribution < -0.4 is 11.2 Å². The Morgan fingerprint density at radius 3 is 2.39 bits per heavy atom. The first kappa shape index (κ1) is 19.3. The predicted octanol–water partition coefficient (Wildman–Crippen LogP) is 3.29. The van der Waals surface area contributed by atoms with E-state index >= 15 is 0 Å². The van der Waals surface area contributed by atoms with E-state index in [4.69, 9.17) is 0 Å². The van der Waals surface area contributed by atoms with Crippen LogP contribution in [0.3, 0.4) is 0 Å². The molecule has 0 aliphatic heterocycles. The molecule has 31 heavy (non-hydrogen) atoms. The smallest absolute Gasteiger partial charge is 0.320 e. The van der Waals surface area contributed by atoms with Crippen molar-refractivity contribution < 1.29 is 17.6 Å². The number of hydrogen-bond acceptors (Lipinski definition) is 3. The SMILES string of the molecule is O=c1c2c(ncn2Cc2ccc(F)c(F)c2)n(-c2ccc(F)cc2F)c(=O)n1C1CC1. The fourth-order valence-electron chi connectivity index (χ4n) is 3.64. The summed E-state index contributed by atoms with van der Waals surface area (Å²) in [7, 11) is 0. The van der Waals surface area contributed by atoms with E-state index in [1.807, 2.05) is 0 Å². The van der Waals surface area contributed by atoms with E-state index in [9.17, 15) is 27.2 Å². The summed E-state index contributed by atoms with van der Waals surface area (Å²) >= 11 is 0. The van der Waals surface area contributed by atoms with Crippen LogP contribution in [0.5, 0.6) is 0 Å². The highest BCUT2D eigenvalue weighted by Crippen LogP contribution is 2.33. The Morgan fingerprint density at radius 1 is 0.935 bits per heavy atom. The molecular weight excluding hydrogens is 416 g/mol. The van der Waals surface area contributed by atoms with E-state index in [1.165, 1.54) is 17.0 Å². The van der Waals surface area contributed by atoms with E-state index in [1.54, 1.807) is 0 Å². The standard InChI is InChI=1S/C21H14F4N4O2/c22-12-2-6-17(16(25)8-12)29-19-18(20(30)28(21(29)31)13-3-4-13)27(10-26-19)9-11-1-5-14(23)15(24)7-11/h1-2,5-8,10,13H,3-4,9H2. The maximum atomic E-state index is 14.5. The lowest BCUT2D eigenvalue weighted by molar-refractivity contribution is 0.506. The van der Waals surface area contributed by atoms with Crippen molar-refractivity contribution in [3.05, 3.63) is 92.4 Å². The summed E-state index contributed by atoms with van der Waals surface area (Å²) in [5, 5.41) is 0. The minimum Gasteiger partial charge on any atom is -0.320 e. The average molecular weight is 430 g/mol. The minimum absolute atomic E-state index is 0.0000387. The molecule has 5 rings (SSSR count). The van der Waals surface area contributed by atoms with Crippen molar-refractivity contribution >= 4 is 11.2 Å². The third-order valence-electron chi connectivity index (χ3n) is 5.25. The number of benzene rings is 2. The molecule has 10 heteroatoms. The van der Waals surface area contributed by atoms with E-state index < -0.39 is 34.5 Å². The topological polar surface area (TPSA) is 61.8 Å². The maximum absolute atomic E-state index is 14.5. The first-order valence-electron chi connectivity index (χ1n) is 9.47. The van der Waals surface area contributed by atoms with Crippen molar-refractivity contribution in [3.8, 4) is 5.69 Å². The lowest BCUT2D eigenvalue weighted by Crippen LogP contribution is -2.40. The van der Waals surface area contributed by atoms with Crippen molar-refractivity contribution in [1.29, 1.82) is 0 Å². The molecule has 1 saturated carbocycles. The zero-order valence-corrected chi connectivity index (χ0v) is 15.9. The zero-order chi connectivity index (χ0) is 21.9. The lowest BCUT2D eigenvalue weighted by atomic mass is 10.2. The summed E-state index contributed by atoms with van der Waals surface area (Å²) < 4.78 is 58.2. The molecule has 0 unspecified atom stereocenters. The molecule has 2 aromatic heterocycles. The van der Waals surface area contributed by atoms with Gasteiger partial charge in [0.05, 0.1) is 12.0 Å². The van der Waals surface area contributed by atoms with Gasteiger partial charge in [-0.3, -0.25) is 9.36 Å². The zero-order valence-electron chi connectivity index (χ0n) is 15.9. The van der Waals surface area contributed by atoms with Gasteiger partial charge >= 0.3 is 5.69 Å². The molecule has 0 radical (unpaired) electrons. The van der Waals surface area contributed by atoms with E-state index in [-0.39, 0.29) is 29.4 Å². The van der Waals surface area contributed by atoms with Gasteiger partial charge in [-0.05, 0) is 42.7 Å². The predicted molar refractivity (Wildman–Crippen MR) is 103 cm³/mol. The first-order chi connectivity index (χ1) is 14.8. The number of imidazole rings is 1. The summed E-state index contributed by atoms with van der Waals surface area (Å²) in [5.41, 5.74) is -1.38. The third-order valence-corrected chi connectivity index (χ3v) is 5.25. The average Bonchev–Trinajstić information content (AvgIpc) is 3.46. The van der Waals surface area contributed by atoms with E-state index in [0.717, 1.165) is 33.4 Å². The van der Waals surface area contributed by atoms with E-state index in [0.29, 0.717) is 24.5 Å². The number of rotatable bonds is 4. The summed E-state index contributed by atoms with van der Waals surface area (Å²) in [6.45, 7) is -0.0300. The molecule has 6 nitrogen and oxygen atoms in total. The van der Waals surface area contributed by atoms with Crippen LogP contribution >= 0.6 is 0 Å². The van der Waals surface area contributed by atoms with Gasteiger partial charge in [-0.15, -0.1) is 0 Å². The molecule has 158 valence electrons. The third kappa shape index (κ3) is 3.15. The lowest BCUT2D eigenvalue weighted by Gasteiger charge is -2.13. The molecule has 0 amide bonds. The highest BCUT2D eigenvalue weighted by Gasteiger charge is 2.31. The quantitative estimate of drug-likeness (QED) is 0.467. The van der Waals surface area contributed by atoms with Crippen molar-refractivity contribution in [2.45, 2.75) is 25.4 Å². The fourth-order valence-corrected chi connectivity index (χ4v) is 3.64. The number of aromatic nitrogens is 4. The second-order valence-corrected chi connectivity index (χ2v) is 7.41. The van der Waals surface area contributed by atoms with Crippen molar-refractivity contribution in [1.82, 2.24) is 18.7 Å². The molecule has 4 aromatic rings. The van der Waals surface area contributed by atoms with Crippen LogP contribution in [0, 0.1) is 23.3 Å². The monoisotopic (exact) mass is 430 g/mol.